The molecular weight excluding hydrogens is 272 g/mol. The number of benzene rings is 1. The zero-order chi connectivity index (χ0) is 9.68. The van der Waals surface area contributed by atoms with Crippen molar-refractivity contribution in [3.8, 4) is 5.75 Å². The summed E-state index contributed by atoms with van der Waals surface area (Å²) >= 11 is 3.18. The van der Waals surface area contributed by atoms with Gasteiger partial charge in [-0.1, -0.05) is 15.9 Å². The fraction of sp³-hybridized carbons (Fsp3) is 0.333. The average molecular weight is 285 g/mol. The van der Waals surface area contributed by atoms with Crippen molar-refractivity contribution in [2.75, 3.05) is 13.2 Å². The molecule has 0 aliphatic heterocycles. The molecule has 0 unspecified atom stereocenters. The molecule has 2 nitrogen and oxygen atoms in total. The summed E-state index contributed by atoms with van der Waals surface area (Å²) in [5, 5.41) is 0. The number of rotatable bonds is 4. The van der Waals surface area contributed by atoms with E-state index in [2.05, 4.69) is 15.9 Å². The summed E-state index contributed by atoms with van der Waals surface area (Å²) in [4.78, 5) is 0. The van der Waals surface area contributed by atoms with Crippen LogP contribution in [0.1, 0.15) is 6.42 Å². The van der Waals surface area contributed by atoms with Gasteiger partial charge in [-0.3, -0.25) is 0 Å². The minimum Gasteiger partial charge on any atom is -0.493 e. The van der Waals surface area contributed by atoms with E-state index >= 15 is 0 Å². The lowest BCUT2D eigenvalue weighted by atomic mass is 10.3. The standard InChI is InChI=1S/C9H11BrFNO.ClH/c10-7-4-8(11)6-9(5-7)13-3-1-2-12;/h4-6H,1-3,12H2;1H. The van der Waals surface area contributed by atoms with Crippen LogP contribution in [0.2, 0.25) is 0 Å². The molecule has 0 aliphatic rings. The Labute approximate surface area is 97.2 Å². The van der Waals surface area contributed by atoms with Crippen LogP contribution in [0.4, 0.5) is 4.39 Å². The van der Waals surface area contributed by atoms with Crippen LogP contribution in [-0.2, 0) is 0 Å². The Hall–Kier alpha value is -0.320. The SMILES string of the molecule is Cl.NCCCOc1cc(F)cc(Br)c1. The highest BCUT2D eigenvalue weighted by Gasteiger charge is 1.98. The fourth-order valence-electron chi connectivity index (χ4n) is 0.885. The van der Waals surface area contributed by atoms with Crippen LogP contribution < -0.4 is 10.5 Å². The Kier molecular flexibility index (Phi) is 6.87. The van der Waals surface area contributed by atoms with Crippen LogP contribution in [0.3, 0.4) is 0 Å². The first kappa shape index (κ1) is 13.7. The van der Waals surface area contributed by atoms with Crippen molar-refractivity contribution in [1.29, 1.82) is 0 Å². The van der Waals surface area contributed by atoms with Crippen molar-refractivity contribution >= 4 is 28.3 Å². The van der Waals surface area contributed by atoms with E-state index in [1.54, 1.807) is 6.07 Å². The third-order valence-corrected chi connectivity index (χ3v) is 1.91. The van der Waals surface area contributed by atoms with Gasteiger partial charge >= 0.3 is 0 Å². The van der Waals surface area contributed by atoms with Gasteiger partial charge in [0, 0.05) is 10.5 Å². The summed E-state index contributed by atoms with van der Waals surface area (Å²) in [5.74, 6) is 0.220. The minimum atomic E-state index is -0.308. The Morgan fingerprint density at radius 2 is 2.07 bits per heavy atom. The summed E-state index contributed by atoms with van der Waals surface area (Å²) in [7, 11) is 0. The zero-order valence-electron chi connectivity index (χ0n) is 7.50. The van der Waals surface area contributed by atoms with Gasteiger partial charge in [0.25, 0.3) is 0 Å². The first-order valence-corrected chi connectivity index (χ1v) is 4.80. The van der Waals surface area contributed by atoms with Crippen LogP contribution in [-0.4, -0.2) is 13.2 Å². The smallest absolute Gasteiger partial charge is 0.128 e. The van der Waals surface area contributed by atoms with Crippen LogP contribution in [0.25, 0.3) is 0 Å². The number of halogens is 3. The number of hydrogen-bond donors (Lipinski definition) is 1. The van der Waals surface area contributed by atoms with Gasteiger partial charge in [0.2, 0.25) is 0 Å². The van der Waals surface area contributed by atoms with E-state index < -0.39 is 0 Å². The van der Waals surface area contributed by atoms with Crippen LogP contribution in [0.5, 0.6) is 5.75 Å². The van der Waals surface area contributed by atoms with Gasteiger partial charge < -0.3 is 10.5 Å². The molecule has 14 heavy (non-hydrogen) atoms. The Morgan fingerprint density at radius 3 is 2.64 bits per heavy atom. The maximum Gasteiger partial charge on any atom is 0.128 e. The summed E-state index contributed by atoms with van der Waals surface area (Å²) in [6, 6.07) is 4.46. The van der Waals surface area contributed by atoms with Gasteiger partial charge in [0.1, 0.15) is 11.6 Å². The molecule has 0 saturated heterocycles. The number of hydrogen-bond acceptors (Lipinski definition) is 2. The molecule has 0 aliphatic carbocycles. The minimum absolute atomic E-state index is 0. The fourth-order valence-corrected chi connectivity index (χ4v) is 1.33. The zero-order valence-corrected chi connectivity index (χ0v) is 9.91. The molecule has 5 heteroatoms. The van der Waals surface area contributed by atoms with Gasteiger partial charge in [-0.15, -0.1) is 12.4 Å². The molecule has 0 radical (unpaired) electrons. The normalized spacial score (nSPS) is 9.36. The molecule has 0 saturated carbocycles. The van der Waals surface area contributed by atoms with Gasteiger partial charge in [-0.25, -0.2) is 4.39 Å². The van der Waals surface area contributed by atoms with Crippen LogP contribution in [0, 0.1) is 5.82 Å². The van der Waals surface area contributed by atoms with E-state index in [1.807, 2.05) is 0 Å². The highest BCUT2D eigenvalue weighted by atomic mass is 79.9. The second-order valence-corrected chi connectivity index (χ2v) is 3.51. The van der Waals surface area contributed by atoms with Gasteiger partial charge in [0.15, 0.2) is 0 Å². The van der Waals surface area contributed by atoms with Crippen molar-refractivity contribution in [3.05, 3.63) is 28.5 Å². The van der Waals surface area contributed by atoms with Gasteiger partial charge in [-0.05, 0) is 25.1 Å². The summed E-state index contributed by atoms with van der Waals surface area (Å²) < 4.78 is 18.7. The van der Waals surface area contributed by atoms with Crippen LogP contribution >= 0.6 is 28.3 Å². The first-order chi connectivity index (χ1) is 6.22. The molecule has 0 heterocycles. The predicted molar refractivity (Wildman–Crippen MR) is 60.5 cm³/mol. The van der Waals surface area contributed by atoms with E-state index in [-0.39, 0.29) is 18.2 Å². The number of nitrogens with two attached hydrogens (primary N) is 1. The average Bonchev–Trinajstić information content (AvgIpc) is 2.03. The van der Waals surface area contributed by atoms with E-state index in [4.69, 9.17) is 10.5 Å². The van der Waals surface area contributed by atoms with E-state index in [9.17, 15) is 4.39 Å². The first-order valence-electron chi connectivity index (χ1n) is 4.01. The highest BCUT2D eigenvalue weighted by Crippen LogP contribution is 2.20. The molecule has 0 spiro atoms. The van der Waals surface area contributed by atoms with Gasteiger partial charge in [0.05, 0.1) is 6.61 Å². The molecule has 80 valence electrons. The molecule has 0 amide bonds. The van der Waals surface area contributed by atoms with E-state index in [0.29, 0.717) is 23.4 Å². The summed E-state index contributed by atoms with van der Waals surface area (Å²) in [6.07, 6.45) is 0.772. The molecule has 0 aromatic heterocycles. The van der Waals surface area contributed by atoms with E-state index in [1.165, 1.54) is 12.1 Å². The maximum absolute atomic E-state index is 12.8. The lowest BCUT2D eigenvalue weighted by Crippen LogP contribution is -2.06. The molecule has 1 rings (SSSR count). The molecular formula is C9H12BrClFNO. The molecule has 2 N–H and O–H groups in total. The largest absolute Gasteiger partial charge is 0.493 e. The third-order valence-electron chi connectivity index (χ3n) is 1.45. The Morgan fingerprint density at radius 1 is 1.36 bits per heavy atom. The van der Waals surface area contributed by atoms with Crippen molar-refractivity contribution in [3.63, 3.8) is 0 Å². The second kappa shape index (κ2) is 7.04. The monoisotopic (exact) mass is 283 g/mol. The lowest BCUT2D eigenvalue weighted by molar-refractivity contribution is 0.311. The summed E-state index contributed by atoms with van der Waals surface area (Å²) in [5.41, 5.74) is 5.29. The molecule has 0 bridgehead atoms. The van der Waals surface area contributed by atoms with Crippen LogP contribution in [0.15, 0.2) is 22.7 Å². The second-order valence-electron chi connectivity index (χ2n) is 2.60. The quantitative estimate of drug-likeness (QED) is 0.863. The third kappa shape index (κ3) is 4.79. The topological polar surface area (TPSA) is 35.2 Å². The van der Waals surface area contributed by atoms with E-state index in [0.717, 1.165) is 6.42 Å². The van der Waals surface area contributed by atoms with Gasteiger partial charge in [-0.2, -0.15) is 0 Å². The lowest BCUT2D eigenvalue weighted by Gasteiger charge is -2.05. The van der Waals surface area contributed by atoms with Crippen molar-refractivity contribution < 1.29 is 9.13 Å². The molecule has 0 fully saturated rings. The molecule has 1 aromatic carbocycles. The van der Waals surface area contributed by atoms with Crippen molar-refractivity contribution in [2.45, 2.75) is 6.42 Å². The maximum atomic E-state index is 12.8. The Balaban J connectivity index is 0.00000169. The highest BCUT2D eigenvalue weighted by molar-refractivity contribution is 9.10. The molecule has 0 atom stereocenters. The molecule has 1 aromatic rings. The number of ether oxygens (including phenoxy) is 1. The predicted octanol–water partition coefficient (Wildman–Crippen LogP) is 2.74. The Bertz CT molecular complexity index is 265. The van der Waals surface area contributed by atoms with Crippen molar-refractivity contribution in [1.82, 2.24) is 0 Å². The summed E-state index contributed by atoms with van der Waals surface area (Å²) in [6.45, 7) is 1.10. The van der Waals surface area contributed by atoms with Crippen molar-refractivity contribution in [2.24, 2.45) is 5.73 Å².